The second-order valence-corrected chi connectivity index (χ2v) is 4.08. The minimum Gasteiger partial charge on any atom is -0.358 e. The molecule has 2 aromatic rings. The van der Waals surface area contributed by atoms with Crippen LogP contribution in [0.15, 0.2) is 12.5 Å². The molecule has 1 unspecified atom stereocenters. The lowest BCUT2D eigenvalue weighted by Crippen LogP contribution is -2.19. The maximum Gasteiger partial charge on any atom is 0.165 e. The number of hydrogen-bond acceptors (Lipinski definition) is 4. The summed E-state index contributed by atoms with van der Waals surface area (Å²) in [6.07, 6.45) is 6.79. The summed E-state index contributed by atoms with van der Waals surface area (Å²) < 4.78 is 7.85. The van der Waals surface area contributed by atoms with Gasteiger partial charge in [-0.2, -0.15) is 0 Å². The molecule has 0 saturated carbocycles. The van der Waals surface area contributed by atoms with E-state index in [1.54, 1.807) is 12.5 Å². The molecule has 1 aliphatic rings. The average molecular weight is 218 g/mol. The second-order valence-electron chi connectivity index (χ2n) is 4.08. The lowest BCUT2D eigenvalue weighted by Gasteiger charge is -2.24. The molecule has 1 atom stereocenters. The van der Waals surface area contributed by atoms with Gasteiger partial charge in [-0.3, -0.25) is 4.57 Å². The third-order valence-corrected chi connectivity index (χ3v) is 2.98. The number of rotatable bonds is 1. The van der Waals surface area contributed by atoms with Gasteiger partial charge >= 0.3 is 0 Å². The van der Waals surface area contributed by atoms with E-state index in [0.717, 1.165) is 36.4 Å². The van der Waals surface area contributed by atoms with Crippen molar-refractivity contribution in [1.29, 1.82) is 0 Å². The van der Waals surface area contributed by atoms with Crippen molar-refractivity contribution in [3.8, 4) is 0 Å². The van der Waals surface area contributed by atoms with Gasteiger partial charge in [-0.05, 0) is 26.2 Å². The summed E-state index contributed by atoms with van der Waals surface area (Å²) in [5.74, 6) is 0.947. The lowest BCUT2D eigenvalue weighted by atomic mass is 10.2. The van der Waals surface area contributed by atoms with Crippen LogP contribution in [0.5, 0.6) is 0 Å². The van der Waals surface area contributed by atoms with E-state index in [4.69, 9.17) is 4.74 Å². The van der Waals surface area contributed by atoms with Crippen molar-refractivity contribution in [2.75, 3.05) is 6.61 Å². The first-order chi connectivity index (χ1) is 7.86. The highest BCUT2D eigenvalue weighted by Gasteiger charge is 2.20. The number of hydrogen-bond donors (Lipinski definition) is 0. The van der Waals surface area contributed by atoms with Gasteiger partial charge in [0.15, 0.2) is 5.65 Å². The largest absolute Gasteiger partial charge is 0.358 e. The van der Waals surface area contributed by atoms with E-state index in [9.17, 15) is 0 Å². The van der Waals surface area contributed by atoms with E-state index in [1.807, 2.05) is 6.92 Å². The first kappa shape index (κ1) is 9.72. The van der Waals surface area contributed by atoms with Gasteiger partial charge in [-0.15, -0.1) is 0 Å². The number of ether oxygens (including phenoxy) is 1. The summed E-state index contributed by atoms with van der Waals surface area (Å²) in [7, 11) is 0. The molecular formula is C11H14N4O. The smallest absolute Gasteiger partial charge is 0.165 e. The van der Waals surface area contributed by atoms with E-state index in [-0.39, 0.29) is 6.23 Å². The zero-order chi connectivity index (χ0) is 11.0. The number of aryl methyl sites for hydroxylation is 1. The Bertz CT molecular complexity index is 502. The van der Waals surface area contributed by atoms with Gasteiger partial charge in [0.05, 0.1) is 6.20 Å². The minimum absolute atomic E-state index is 0.0913. The molecule has 0 bridgehead atoms. The Kier molecular flexibility index (Phi) is 2.32. The van der Waals surface area contributed by atoms with Crippen LogP contribution in [0.4, 0.5) is 0 Å². The summed E-state index contributed by atoms with van der Waals surface area (Å²) in [4.78, 5) is 12.7. The molecule has 0 aromatic carbocycles. The summed E-state index contributed by atoms with van der Waals surface area (Å²) in [5, 5.41) is 0. The van der Waals surface area contributed by atoms with Crippen molar-refractivity contribution in [2.24, 2.45) is 0 Å². The zero-order valence-electron chi connectivity index (χ0n) is 9.26. The highest BCUT2D eigenvalue weighted by molar-refractivity contribution is 5.70. The molecule has 5 nitrogen and oxygen atoms in total. The Labute approximate surface area is 93.5 Å². The maximum absolute atomic E-state index is 5.77. The molecule has 16 heavy (non-hydrogen) atoms. The molecule has 0 amide bonds. The van der Waals surface area contributed by atoms with Gasteiger partial charge in [0.2, 0.25) is 0 Å². The third kappa shape index (κ3) is 1.48. The maximum atomic E-state index is 5.77. The topological polar surface area (TPSA) is 52.8 Å². The Morgan fingerprint density at radius 3 is 3.19 bits per heavy atom. The third-order valence-electron chi connectivity index (χ3n) is 2.98. The highest BCUT2D eigenvalue weighted by atomic mass is 16.5. The second kappa shape index (κ2) is 3.83. The Balaban J connectivity index is 2.10. The van der Waals surface area contributed by atoms with E-state index in [0.29, 0.717) is 0 Å². The van der Waals surface area contributed by atoms with Crippen LogP contribution in [-0.4, -0.2) is 26.1 Å². The Morgan fingerprint density at radius 2 is 2.38 bits per heavy atom. The zero-order valence-corrected chi connectivity index (χ0v) is 9.26. The van der Waals surface area contributed by atoms with Crippen LogP contribution in [0, 0.1) is 6.92 Å². The van der Waals surface area contributed by atoms with Gasteiger partial charge in [0.1, 0.15) is 23.9 Å². The Hall–Kier alpha value is -1.49. The molecular weight excluding hydrogens is 204 g/mol. The lowest BCUT2D eigenvalue weighted by molar-refractivity contribution is -0.0309. The fourth-order valence-electron chi connectivity index (χ4n) is 2.23. The fraction of sp³-hybridized carbons (Fsp3) is 0.545. The molecule has 0 aliphatic carbocycles. The molecule has 2 aromatic heterocycles. The van der Waals surface area contributed by atoms with Crippen LogP contribution < -0.4 is 0 Å². The molecule has 1 aliphatic heterocycles. The predicted molar refractivity (Wildman–Crippen MR) is 58.9 cm³/mol. The van der Waals surface area contributed by atoms with Crippen LogP contribution in [0.3, 0.4) is 0 Å². The van der Waals surface area contributed by atoms with Crippen LogP contribution in [0.1, 0.15) is 31.3 Å². The van der Waals surface area contributed by atoms with Gasteiger partial charge in [0.25, 0.3) is 0 Å². The predicted octanol–water partition coefficient (Wildman–Crippen LogP) is 1.83. The number of aromatic nitrogens is 4. The van der Waals surface area contributed by atoms with E-state index < -0.39 is 0 Å². The van der Waals surface area contributed by atoms with Crippen LogP contribution >= 0.6 is 0 Å². The molecule has 5 heteroatoms. The molecule has 0 N–H and O–H groups in total. The SMILES string of the molecule is Cc1nc2cncnc2n1C1CCCCO1. The summed E-state index contributed by atoms with van der Waals surface area (Å²) in [6.45, 7) is 2.81. The standard InChI is InChI=1S/C11H14N4O/c1-8-14-9-6-12-7-13-11(9)15(8)10-4-2-3-5-16-10/h6-7,10H,2-5H2,1H3. The van der Waals surface area contributed by atoms with Gasteiger partial charge in [-0.25, -0.2) is 15.0 Å². The van der Waals surface area contributed by atoms with Crippen molar-refractivity contribution < 1.29 is 4.74 Å². The molecule has 0 spiro atoms. The minimum atomic E-state index is 0.0913. The first-order valence-electron chi connectivity index (χ1n) is 5.62. The van der Waals surface area contributed by atoms with Gasteiger partial charge < -0.3 is 4.74 Å². The van der Waals surface area contributed by atoms with Crippen molar-refractivity contribution in [1.82, 2.24) is 19.5 Å². The summed E-state index contributed by atoms with van der Waals surface area (Å²) in [5.41, 5.74) is 1.72. The monoisotopic (exact) mass is 218 g/mol. The van der Waals surface area contributed by atoms with Crippen molar-refractivity contribution in [2.45, 2.75) is 32.4 Å². The first-order valence-corrected chi connectivity index (χ1v) is 5.62. The van der Waals surface area contributed by atoms with E-state index in [2.05, 4.69) is 19.5 Å². The quantitative estimate of drug-likeness (QED) is 0.732. The molecule has 0 radical (unpaired) electrons. The van der Waals surface area contributed by atoms with Crippen LogP contribution in [0.2, 0.25) is 0 Å². The number of fused-ring (bicyclic) bond motifs is 1. The fourth-order valence-corrected chi connectivity index (χ4v) is 2.23. The molecule has 3 rings (SSSR count). The number of imidazole rings is 1. The van der Waals surface area contributed by atoms with Gasteiger partial charge in [0, 0.05) is 6.61 Å². The molecule has 1 fully saturated rings. The van der Waals surface area contributed by atoms with Crippen molar-refractivity contribution in [3.05, 3.63) is 18.3 Å². The van der Waals surface area contributed by atoms with Crippen LogP contribution in [0.25, 0.3) is 11.2 Å². The normalized spacial score (nSPS) is 21.4. The number of nitrogens with zero attached hydrogens (tertiary/aromatic N) is 4. The average Bonchev–Trinajstić information content (AvgIpc) is 2.66. The van der Waals surface area contributed by atoms with Crippen LogP contribution in [-0.2, 0) is 4.74 Å². The summed E-state index contributed by atoms with van der Waals surface area (Å²) >= 11 is 0. The van der Waals surface area contributed by atoms with E-state index >= 15 is 0 Å². The summed E-state index contributed by atoms with van der Waals surface area (Å²) in [6, 6.07) is 0. The molecule has 84 valence electrons. The Morgan fingerprint density at radius 1 is 1.44 bits per heavy atom. The van der Waals surface area contributed by atoms with E-state index in [1.165, 1.54) is 6.42 Å². The van der Waals surface area contributed by atoms with Crippen molar-refractivity contribution >= 4 is 11.2 Å². The van der Waals surface area contributed by atoms with Gasteiger partial charge in [-0.1, -0.05) is 0 Å². The van der Waals surface area contributed by atoms with Crippen molar-refractivity contribution in [3.63, 3.8) is 0 Å². The molecule has 1 saturated heterocycles. The highest BCUT2D eigenvalue weighted by Crippen LogP contribution is 2.26. The molecule has 3 heterocycles.